The van der Waals surface area contributed by atoms with Crippen molar-refractivity contribution in [2.75, 3.05) is 13.1 Å². The Balaban J connectivity index is 0.000000216. The summed E-state index contributed by atoms with van der Waals surface area (Å²) in [6, 6.07) is 0.0809. The third-order valence-electron chi connectivity index (χ3n) is 6.14. The van der Waals surface area contributed by atoms with E-state index < -0.39 is 17.3 Å². The van der Waals surface area contributed by atoms with Crippen LogP contribution in [0.5, 0.6) is 0 Å². The Hall–Kier alpha value is -3.41. The van der Waals surface area contributed by atoms with Crippen molar-refractivity contribution in [1.82, 2.24) is 28.9 Å². The zero-order chi connectivity index (χ0) is 29.3. The largest absolute Gasteiger partial charge is 0.444 e. The minimum absolute atomic E-state index is 0.0129. The molecule has 1 unspecified atom stereocenters. The monoisotopic (exact) mass is 546 g/mol. The Morgan fingerprint density at radius 1 is 0.897 bits per heavy atom. The van der Waals surface area contributed by atoms with Gasteiger partial charge in [-0.3, -0.25) is 4.79 Å². The lowest BCUT2D eigenvalue weighted by atomic mass is 10.2. The first-order valence-electron chi connectivity index (χ1n) is 13.2. The van der Waals surface area contributed by atoms with Gasteiger partial charge < -0.3 is 33.5 Å². The van der Waals surface area contributed by atoms with Gasteiger partial charge in [0.25, 0.3) is 0 Å². The van der Waals surface area contributed by atoms with E-state index in [1.54, 1.807) is 29.1 Å². The molecule has 2 amide bonds. The van der Waals surface area contributed by atoms with Crippen molar-refractivity contribution >= 4 is 18.5 Å². The van der Waals surface area contributed by atoms with E-state index in [0.717, 1.165) is 17.7 Å². The zero-order valence-corrected chi connectivity index (χ0v) is 24.5. The molecule has 0 saturated heterocycles. The summed E-state index contributed by atoms with van der Waals surface area (Å²) in [5.41, 5.74) is 0.770. The maximum absolute atomic E-state index is 12.1. The molecule has 0 bridgehead atoms. The molecule has 12 heteroatoms. The lowest BCUT2D eigenvalue weighted by Gasteiger charge is -2.35. The highest BCUT2D eigenvalue weighted by molar-refractivity contribution is 5.71. The number of hydrogen-bond donors (Lipinski definition) is 1. The fraction of sp³-hybridized carbons (Fsp3) is 0.667. The maximum atomic E-state index is 12.1. The highest BCUT2D eigenvalue weighted by Crippen LogP contribution is 2.27. The molecular formula is C27H42N6O6. The van der Waals surface area contributed by atoms with Crippen LogP contribution in [-0.2, 0) is 22.6 Å². The fourth-order valence-corrected chi connectivity index (χ4v) is 4.73. The number of aromatic nitrogens is 4. The van der Waals surface area contributed by atoms with Gasteiger partial charge in [-0.1, -0.05) is 0 Å². The molecule has 0 fully saturated rings. The minimum Gasteiger partial charge on any atom is -0.444 e. The molecule has 39 heavy (non-hydrogen) atoms. The average molecular weight is 547 g/mol. The highest BCUT2D eigenvalue weighted by atomic mass is 16.6. The van der Waals surface area contributed by atoms with Crippen molar-refractivity contribution in [3.8, 4) is 0 Å². The van der Waals surface area contributed by atoms with Gasteiger partial charge in [-0.2, -0.15) is 0 Å². The molecule has 0 saturated carbocycles. The number of ether oxygens (including phenoxy) is 2. The van der Waals surface area contributed by atoms with Gasteiger partial charge in [-0.25, -0.2) is 19.6 Å². The second kappa shape index (κ2) is 11.4. The summed E-state index contributed by atoms with van der Waals surface area (Å²) in [5.74, 6) is 1.06. The molecule has 4 rings (SSSR count). The van der Waals surface area contributed by atoms with E-state index in [4.69, 9.17) is 9.47 Å². The molecule has 0 aliphatic carbocycles. The van der Waals surface area contributed by atoms with Gasteiger partial charge in [0.05, 0.1) is 49.0 Å². The molecule has 12 nitrogen and oxygen atoms in total. The summed E-state index contributed by atoms with van der Waals surface area (Å²) < 4.78 is 14.6. The van der Waals surface area contributed by atoms with Crippen LogP contribution in [0.2, 0.25) is 0 Å². The van der Waals surface area contributed by atoms with Gasteiger partial charge in [-0.15, -0.1) is 0 Å². The highest BCUT2D eigenvalue weighted by Gasteiger charge is 2.32. The summed E-state index contributed by atoms with van der Waals surface area (Å²) >= 11 is 0. The van der Waals surface area contributed by atoms with Gasteiger partial charge in [0.2, 0.25) is 0 Å². The summed E-state index contributed by atoms with van der Waals surface area (Å²) in [6.45, 7) is 18.7. The van der Waals surface area contributed by atoms with Gasteiger partial charge in [0.15, 0.2) is 12.1 Å². The predicted octanol–water partition coefficient (Wildman–Crippen LogP) is 4.26. The standard InChI is InChI=1S/C14H23N3O3.C13H19N3O3/c1-9-7-16(13(19)20-14(3,4)5)8-11-6-15-12(10(2)18)17(9)11;1-9-6-15(12(18)19-13(2,3)4)7-10-5-14-11(8-17)16(9)10/h6,9-10,18H,7-8H2,1-5H3;5,8-9H,6-7H2,1-4H3/t9-,10?;9-/m00/s1. The predicted molar refractivity (Wildman–Crippen MR) is 143 cm³/mol. The van der Waals surface area contributed by atoms with Crippen LogP contribution in [0.25, 0.3) is 0 Å². The normalized spacial score (nSPS) is 19.7. The molecule has 2 aliphatic rings. The number of fused-ring (bicyclic) bond motifs is 2. The smallest absolute Gasteiger partial charge is 0.410 e. The Kier molecular flexibility index (Phi) is 8.79. The van der Waals surface area contributed by atoms with Crippen LogP contribution in [-0.4, -0.2) is 76.8 Å². The van der Waals surface area contributed by atoms with Crippen LogP contribution in [0.1, 0.15) is 108 Å². The summed E-state index contributed by atoms with van der Waals surface area (Å²) in [6.07, 6.45) is 2.84. The third-order valence-corrected chi connectivity index (χ3v) is 6.14. The van der Waals surface area contributed by atoms with Crippen molar-refractivity contribution in [2.45, 2.75) is 105 Å². The minimum atomic E-state index is -0.612. The third kappa shape index (κ3) is 7.37. The molecule has 0 spiro atoms. The number of aldehydes is 1. The SMILES string of the molecule is CC(O)c1ncc2n1[C@@H](C)CN(C(=O)OC(C)(C)C)C2.C[C@H]1CN(C(=O)OC(C)(C)C)Cc2cnc(C=O)n21. The number of rotatable bonds is 2. The molecule has 2 aromatic rings. The molecule has 4 heterocycles. The lowest BCUT2D eigenvalue weighted by Crippen LogP contribution is -2.43. The van der Waals surface area contributed by atoms with Crippen LogP contribution in [0, 0.1) is 0 Å². The second-order valence-electron chi connectivity index (χ2n) is 12.2. The molecule has 1 N–H and O–H groups in total. The zero-order valence-electron chi connectivity index (χ0n) is 24.5. The second-order valence-corrected chi connectivity index (χ2v) is 12.2. The van der Waals surface area contributed by atoms with Crippen LogP contribution < -0.4 is 0 Å². The Bertz CT molecular complexity index is 1190. The number of amides is 2. The molecular weight excluding hydrogens is 504 g/mol. The van der Waals surface area contributed by atoms with Gasteiger partial charge in [-0.05, 0) is 62.3 Å². The number of carbonyl (C=O) groups excluding carboxylic acids is 3. The molecule has 0 aromatic carbocycles. The first-order chi connectivity index (χ1) is 18.0. The molecule has 2 aromatic heterocycles. The molecule has 0 radical (unpaired) electrons. The average Bonchev–Trinajstić information content (AvgIpc) is 3.42. The van der Waals surface area contributed by atoms with Crippen molar-refractivity contribution in [3.63, 3.8) is 0 Å². The van der Waals surface area contributed by atoms with Crippen LogP contribution in [0.4, 0.5) is 9.59 Å². The Morgan fingerprint density at radius 2 is 1.33 bits per heavy atom. The molecule has 3 atom stereocenters. The number of carbonyl (C=O) groups is 3. The van der Waals surface area contributed by atoms with E-state index in [2.05, 4.69) is 9.97 Å². The first-order valence-corrected chi connectivity index (χ1v) is 13.2. The van der Waals surface area contributed by atoms with Crippen LogP contribution in [0.3, 0.4) is 0 Å². The first kappa shape index (κ1) is 30.1. The number of aliphatic hydroxyl groups is 1. The Morgan fingerprint density at radius 3 is 1.77 bits per heavy atom. The van der Waals surface area contributed by atoms with Crippen LogP contribution >= 0.6 is 0 Å². The number of imidazole rings is 2. The van der Waals surface area contributed by atoms with E-state index in [-0.39, 0.29) is 24.3 Å². The molecule has 216 valence electrons. The van der Waals surface area contributed by atoms with Crippen molar-refractivity contribution in [1.29, 1.82) is 0 Å². The number of aliphatic hydroxyl groups excluding tert-OH is 1. The maximum Gasteiger partial charge on any atom is 0.410 e. The summed E-state index contributed by atoms with van der Waals surface area (Å²) in [4.78, 5) is 46.7. The van der Waals surface area contributed by atoms with Crippen molar-refractivity contribution in [2.24, 2.45) is 0 Å². The number of hydrogen-bond acceptors (Lipinski definition) is 8. The van der Waals surface area contributed by atoms with E-state index >= 15 is 0 Å². The van der Waals surface area contributed by atoms with E-state index in [0.29, 0.717) is 37.8 Å². The Labute approximate surface area is 229 Å². The summed E-state index contributed by atoms with van der Waals surface area (Å²) in [5, 5.41) is 9.73. The van der Waals surface area contributed by atoms with Gasteiger partial charge >= 0.3 is 12.2 Å². The molecule has 2 aliphatic heterocycles. The quantitative estimate of drug-likeness (QED) is 0.553. The summed E-state index contributed by atoms with van der Waals surface area (Å²) in [7, 11) is 0. The van der Waals surface area contributed by atoms with Gasteiger partial charge in [0.1, 0.15) is 23.1 Å². The van der Waals surface area contributed by atoms with E-state index in [1.807, 2.05) is 64.5 Å². The lowest BCUT2D eigenvalue weighted by molar-refractivity contribution is 0.0161. The van der Waals surface area contributed by atoms with E-state index in [9.17, 15) is 19.5 Å². The fourth-order valence-electron chi connectivity index (χ4n) is 4.73. The van der Waals surface area contributed by atoms with Gasteiger partial charge in [0, 0.05) is 13.1 Å². The van der Waals surface area contributed by atoms with Crippen molar-refractivity contribution in [3.05, 3.63) is 35.4 Å². The number of nitrogens with zero attached hydrogens (tertiary/aromatic N) is 6. The van der Waals surface area contributed by atoms with Crippen LogP contribution in [0.15, 0.2) is 12.4 Å². The topological polar surface area (TPSA) is 132 Å². The van der Waals surface area contributed by atoms with E-state index in [1.165, 1.54) is 0 Å². The van der Waals surface area contributed by atoms with Crippen molar-refractivity contribution < 1.29 is 29.0 Å².